The van der Waals surface area contributed by atoms with Crippen LogP contribution in [0.4, 0.5) is 4.79 Å². The molecule has 2 aromatic carbocycles. The number of hydrogen-bond donors (Lipinski definition) is 3. The Balaban J connectivity index is 1.67. The average Bonchev–Trinajstić information content (AvgIpc) is 3.12. The smallest absolute Gasteiger partial charge is 0.407 e. The van der Waals surface area contributed by atoms with E-state index in [1.165, 1.54) is 0 Å². The van der Waals surface area contributed by atoms with Gasteiger partial charge < -0.3 is 20.5 Å². The first-order valence-electron chi connectivity index (χ1n) is 11.5. The summed E-state index contributed by atoms with van der Waals surface area (Å²) >= 11 is 0. The van der Waals surface area contributed by atoms with Gasteiger partial charge in [0.25, 0.3) is 0 Å². The molecule has 3 N–H and O–H groups in total. The number of nitrogens with one attached hydrogen (secondary N) is 2. The Kier molecular flexibility index (Phi) is 8.52. The largest absolute Gasteiger partial charge is 0.481 e. The maximum atomic E-state index is 12.9. The highest BCUT2D eigenvalue weighted by Crippen LogP contribution is 2.44. The van der Waals surface area contributed by atoms with E-state index in [1.807, 2.05) is 48.5 Å². The zero-order chi connectivity index (χ0) is 26.5. The molecule has 0 bridgehead atoms. The van der Waals surface area contributed by atoms with Crippen molar-refractivity contribution in [3.05, 3.63) is 71.1 Å². The maximum Gasteiger partial charge on any atom is 0.407 e. The number of benzene rings is 2. The van der Waals surface area contributed by atoms with Crippen LogP contribution in [0.15, 0.2) is 60.0 Å². The monoisotopic (exact) mass is 514 g/mol. The van der Waals surface area contributed by atoms with Gasteiger partial charge in [-0.2, -0.15) is 0 Å². The summed E-state index contributed by atoms with van der Waals surface area (Å²) in [6.45, 7) is 3.50. The summed E-state index contributed by atoms with van der Waals surface area (Å²) in [5.74, 6) is -2.36. The van der Waals surface area contributed by atoms with Gasteiger partial charge in [0.2, 0.25) is 5.91 Å². The lowest BCUT2D eigenvalue weighted by atomic mass is 9.98. The van der Waals surface area contributed by atoms with Crippen LogP contribution in [0.3, 0.4) is 0 Å². The minimum absolute atomic E-state index is 0.0744. The van der Waals surface area contributed by atoms with E-state index in [-0.39, 0.29) is 18.4 Å². The Morgan fingerprint density at radius 1 is 1.00 bits per heavy atom. The third-order valence-electron chi connectivity index (χ3n) is 5.85. The Morgan fingerprint density at radius 3 is 2.06 bits per heavy atom. The second kappa shape index (κ2) is 11.4. The number of aliphatic carboxylic acids is 1. The first-order chi connectivity index (χ1) is 17.0. The molecule has 3 rings (SSSR count). The quantitative estimate of drug-likeness (QED) is 0.443. The van der Waals surface area contributed by atoms with E-state index in [1.54, 1.807) is 13.8 Å². The van der Waals surface area contributed by atoms with Gasteiger partial charge in [-0.25, -0.2) is 13.2 Å². The van der Waals surface area contributed by atoms with Crippen molar-refractivity contribution in [2.24, 2.45) is 5.92 Å². The topological polar surface area (TPSA) is 139 Å². The summed E-state index contributed by atoms with van der Waals surface area (Å²) in [6, 6.07) is 13.7. The van der Waals surface area contributed by atoms with Crippen LogP contribution in [0, 0.1) is 5.92 Å². The second-order valence-electron chi connectivity index (χ2n) is 9.06. The third kappa shape index (κ3) is 6.94. The molecule has 1 aliphatic carbocycles. The Labute approximate surface area is 210 Å². The van der Waals surface area contributed by atoms with Crippen LogP contribution in [0.2, 0.25) is 0 Å². The molecule has 0 unspecified atom stereocenters. The zero-order valence-corrected chi connectivity index (χ0v) is 21.1. The number of ether oxygens (including phenoxy) is 1. The third-order valence-corrected chi connectivity index (χ3v) is 6.50. The van der Waals surface area contributed by atoms with E-state index < -0.39 is 46.3 Å². The molecule has 36 heavy (non-hydrogen) atoms. The van der Waals surface area contributed by atoms with Crippen LogP contribution in [0.5, 0.6) is 0 Å². The van der Waals surface area contributed by atoms with Crippen LogP contribution in [0.25, 0.3) is 11.1 Å². The van der Waals surface area contributed by atoms with Gasteiger partial charge in [0.1, 0.15) is 12.6 Å². The molecular formula is C26H30N2O7S. The predicted molar refractivity (Wildman–Crippen MR) is 135 cm³/mol. The first-order valence-corrected chi connectivity index (χ1v) is 13.4. The maximum absolute atomic E-state index is 12.9. The van der Waals surface area contributed by atoms with Gasteiger partial charge in [-0.15, -0.1) is 0 Å². The number of rotatable bonds is 10. The fraction of sp³-hybridized carbons (Fsp3) is 0.346. The molecule has 2 amide bonds. The van der Waals surface area contributed by atoms with Gasteiger partial charge in [0.15, 0.2) is 9.84 Å². The number of fused-ring (bicyclic) bond motifs is 3. The molecular weight excluding hydrogens is 484 g/mol. The lowest BCUT2D eigenvalue weighted by Crippen LogP contribution is -2.52. The molecule has 0 heterocycles. The average molecular weight is 515 g/mol. The van der Waals surface area contributed by atoms with Crippen LogP contribution < -0.4 is 10.6 Å². The first kappa shape index (κ1) is 26.9. The highest BCUT2D eigenvalue weighted by molar-refractivity contribution is 7.93. The van der Waals surface area contributed by atoms with E-state index in [4.69, 9.17) is 9.84 Å². The van der Waals surface area contributed by atoms with Crippen molar-refractivity contribution in [3.63, 3.8) is 0 Å². The van der Waals surface area contributed by atoms with Crippen molar-refractivity contribution in [1.29, 1.82) is 0 Å². The van der Waals surface area contributed by atoms with Crippen molar-refractivity contribution in [3.8, 4) is 11.1 Å². The van der Waals surface area contributed by atoms with Crippen LogP contribution in [-0.2, 0) is 24.2 Å². The lowest BCUT2D eigenvalue weighted by Gasteiger charge is -2.24. The van der Waals surface area contributed by atoms with Gasteiger partial charge in [-0.1, -0.05) is 68.5 Å². The standard InChI is InChI=1S/C26H30N2O7S/c1-16(2)24(25(31)27-17(14-23(29)30)12-13-36(3,33)34)28-26(32)35-15-22-20-10-6-4-8-18(20)19-9-5-7-11-21(19)22/h4-13,16-17,22,24H,14-15H2,1-3H3,(H,27,31)(H,28,32)(H,29,30)/b13-12-/t17-,24+/m1/s1. The molecule has 0 spiro atoms. The normalized spacial score (nSPS) is 14.7. The fourth-order valence-electron chi connectivity index (χ4n) is 4.17. The van der Waals surface area contributed by atoms with Gasteiger partial charge in [0, 0.05) is 17.6 Å². The molecule has 10 heteroatoms. The van der Waals surface area contributed by atoms with Gasteiger partial charge >= 0.3 is 12.1 Å². The molecule has 0 saturated carbocycles. The number of carbonyl (C=O) groups excluding carboxylic acids is 2. The highest BCUT2D eigenvalue weighted by Gasteiger charge is 2.31. The van der Waals surface area contributed by atoms with Gasteiger partial charge in [-0.3, -0.25) is 9.59 Å². The molecule has 1 aliphatic rings. The number of carboxylic acids is 1. The molecule has 2 atom stereocenters. The summed E-state index contributed by atoms with van der Waals surface area (Å²) in [6.07, 6.45) is 0.755. The number of sulfone groups is 1. The predicted octanol–water partition coefficient (Wildman–Crippen LogP) is 3.07. The lowest BCUT2D eigenvalue weighted by molar-refractivity contribution is -0.137. The molecule has 0 radical (unpaired) electrons. The van der Waals surface area contributed by atoms with Crippen molar-refractivity contribution >= 4 is 27.8 Å². The van der Waals surface area contributed by atoms with Gasteiger partial charge in [0.05, 0.1) is 12.5 Å². The summed E-state index contributed by atoms with van der Waals surface area (Å²) in [4.78, 5) is 36.7. The molecule has 2 aromatic rings. The van der Waals surface area contributed by atoms with E-state index >= 15 is 0 Å². The van der Waals surface area contributed by atoms with Crippen molar-refractivity contribution < 1.29 is 32.6 Å². The summed E-state index contributed by atoms with van der Waals surface area (Å²) in [7, 11) is -3.52. The Bertz CT molecular complexity index is 1230. The summed E-state index contributed by atoms with van der Waals surface area (Å²) < 4.78 is 28.3. The molecule has 0 saturated heterocycles. The minimum atomic E-state index is -3.52. The van der Waals surface area contributed by atoms with Crippen LogP contribution in [-0.4, -0.2) is 56.4 Å². The SMILES string of the molecule is CC(C)[C@H](NC(=O)OCC1c2ccccc2-c2ccccc21)C(=O)N[C@H](/C=C\S(C)(=O)=O)CC(=O)O. The number of alkyl carbamates (subject to hydrolysis) is 1. The van der Waals surface area contributed by atoms with Gasteiger partial charge in [-0.05, 0) is 28.2 Å². The van der Waals surface area contributed by atoms with Crippen LogP contribution in [0.1, 0.15) is 37.3 Å². The number of carboxylic acid groups (broad SMARTS) is 1. The number of amides is 2. The molecule has 9 nitrogen and oxygen atoms in total. The van der Waals surface area contributed by atoms with E-state index in [0.29, 0.717) is 0 Å². The number of hydrogen-bond acceptors (Lipinski definition) is 6. The minimum Gasteiger partial charge on any atom is -0.481 e. The molecule has 192 valence electrons. The van der Waals surface area contributed by atoms with E-state index in [2.05, 4.69) is 10.6 Å². The Morgan fingerprint density at radius 2 is 1.56 bits per heavy atom. The number of carbonyl (C=O) groups is 3. The van der Waals surface area contributed by atoms with Crippen molar-refractivity contribution in [1.82, 2.24) is 10.6 Å². The van der Waals surface area contributed by atoms with Crippen LogP contribution >= 0.6 is 0 Å². The Hall–Kier alpha value is -3.66. The fourth-order valence-corrected chi connectivity index (χ4v) is 4.64. The summed E-state index contributed by atoms with van der Waals surface area (Å²) in [5, 5.41) is 15.0. The highest BCUT2D eigenvalue weighted by atomic mass is 32.2. The molecule has 0 fully saturated rings. The zero-order valence-electron chi connectivity index (χ0n) is 20.3. The molecule has 0 aliphatic heterocycles. The van der Waals surface area contributed by atoms with Crippen molar-refractivity contribution in [2.75, 3.05) is 12.9 Å². The molecule has 0 aromatic heterocycles. The second-order valence-corrected chi connectivity index (χ2v) is 11.0. The van der Waals surface area contributed by atoms with Crippen molar-refractivity contribution in [2.45, 2.75) is 38.3 Å². The summed E-state index contributed by atoms with van der Waals surface area (Å²) in [5.41, 5.74) is 4.29. The van der Waals surface area contributed by atoms with E-state index in [0.717, 1.165) is 40.0 Å². The van der Waals surface area contributed by atoms with E-state index in [9.17, 15) is 22.8 Å².